The summed E-state index contributed by atoms with van der Waals surface area (Å²) in [6, 6.07) is 9.54. The minimum Gasteiger partial charge on any atom is -0.486 e. The van der Waals surface area contributed by atoms with Gasteiger partial charge in [0, 0.05) is 12.1 Å². The van der Waals surface area contributed by atoms with E-state index in [1.807, 2.05) is 6.92 Å². The molecule has 1 amide bonds. The molecule has 4 nitrogen and oxygen atoms in total. The van der Waals surface area contributed by atoms with Crippen molar-refractivity contribution in [2.45, 2.75) is 13.5 Å². The molecule has 0 aromatic heterocycles. The highest BCUT2D eigenvalue weighted by atomic mass is 19.1. The Labute approximate surface area is 127 Å². The van der Waals surface area contributed by atoms with Gasteiger partial charge in [-0.1, -0.05) is 12.1 Å². The van der Waals surface area contributed by atoms with Gasteiger partial charge in [-0.2, -0.15) is 0 Å². The molecule has 22 heavy (non-hydrogen) atoms. The quantitative estimate of drug-likeness (QED) is 0.948. The number of halogens is 1. The van der Waals surface area contributed by atoms with Gasteiger partial charge in [0.25, 0.3) is 5.91 Å². The number of fused-ring (bicyclic) bond motifs is 1. The van der Waals surface area contributed by atoms with Crippen LogP contribution in [0.25, 0.3) is 0 Å². The molecular weight excluding hydrogens is 285 g/mol. The van der Waals surface area contributed by atoms with Gasteiger partial charge in [-0.15, -0.1) is 0 Å². The van der Waals surface area contributed by atoms with Gasteiger partial charge in [-0.05, 0) is 42.3 Å². The molecule has 0 saturated carbocycles. The highest BCUT2D eigenvalue weighted by molar-refractivity contribution is 5.96. The molecule has 0 saturated heterocycles. The van der Waals surface area contributed by atoms with E-state index >= 15 is 0 Å². The summed E-state index contributed by atoms with van der Waals surface area (Å²) in [5.74, 6) is 0.763. The minimum atomic E-state index is -0.294. The first-order chi connectivity index (χ1) is 10.6. The number of hydrogen-bond donors (Lipinski definition) is 1. The van der Waals surface area contributed by atoms with Gasteiger partial charge in [-0.3, -0.25) is 4.79 Å². The van der Waals surface area contributed by atoms with E-state index < -0.39 is 0 Å². The summed E-state index contributed by atoms with van der Waals surface area (Å²) in [7, 11) is 0. The lowest BCUT2D eigenvalue weighted by molar-refractivity contribution is 0.0949. The van der Waals surface area contributed by atoms with Crippen LogP contribution in [0.5, 0.6) is 11.5 Å². The molecule has 1 aliphatic rings. The predicted molar refractivity (Wildman–Crippen MR) is 79.7 cm³/mol. The van der Waals surface area contributed by atoms with Gasteiger partial charge in [-0.25, -0.2) is 4.39 Å². The molecule has 0 atom stereocenters. The van der Waals surface area contributed by atoms with Crippen molar-refractivity contribution in [2.24, 2.45) is 0 Å². The van der Waals surface area contributed by atoms with E-state index in [0.717, 1.165) is 11.1 Å². The van der Waals surface area contributed by atoms with Crippen LogP contribution in [0.2, 0.25) is 0 Å². The fraction of sp³-hybridized carbons (Fsp3) is 0.235. The molecule has 3 rings (SSSR count). The standard InChI is InChI=1S/C17H16FNO3/c1-11-8-15-16(22-7-6-21-15)9-14(11)17(20)19-10-12-2-4-13(18)5-3-12/h2-5,8-9H,6-7,10H2,1H3,(H,19,20). The van der Waals surface area contributed by atoms with Crippen molar-refractivity contribution in [3.8, 4) is 11.5 Å². The van der Waals surface area contributed by atoms with E-state index in [1.165, 1.54) is 12.1 Å². The molecular formula is C17H16FNO3. The third kappa shape index (κ3) is 3.03. The van der Waals surface area contributed by atoms with Crippen molar-refractivity contribution < 1.29 is 18.7 Å². The van der Waals surface area contributed by atoms with Crippen LogP contribution in [0, 0.1) is 12.7 Å². The normalized spacial score (nSPS) is 12.8. The molecule has 0 unspecified atom stereocenters. The third-order valence-electron chi connectivity index (χ3n) is 3.50. The van der Waals surface area contributed by atoms with E-state index in [-0.39, 0.29) is 11.7 Å². The van der Waals surface area contributed by atoms with E-state index in [1.54, 1.807) is 24.3 Å². The maximum Gasteiger partial charge on any atom is 0.251 e. The Kier molecular flexibility index (Phi) is 3.96. The molecule has 1 N–H and O–H groups in total. The van der Waals surface area contributed by atoms with Crippen molar-refractivity contribution in [1.82, 2.24) is 5.32 Å². The Morgan fingerprint density at radius 2 is 1.77 bits per heavy atom. The molecule has 0 radical (unpaired) electrons. The van der Waals surface area contributed by atoms with Crippen LogP contribution in [-0.2, 0) is 6.54 Å². The summed E-state index contributed by atoms with van der Waals surface area (Å²) in [5, 5.41) is 2.82. The Morgan fingerprint density at radius 1 is 1.14 bits per heavy atom. The molecule has 1 heterocycles. The lowest BCUT2D eigenvalue weighted by atomic mass is 10.1. The summed E-state index contributed by atoms with van der Waals surface area (Å²) >= 11 is 0. The molecule has 2 aromatic carbocycles. The molecule has 2 aromatic rings. The molecule has 5 heteroatoms. The first-order valence-corrected chi connectivity index (χ1v) is 7.06. The van der Waals surface area contributed by atoms with Gasteiger partial charge in [0.15, 0.2) is 11.5 Å². The lowest BCUT2D eigenvalue weighted by Crippen LogP contribution is -2.24. The van der Waals surface area contributed by atoms with Crippen LogP contribution in [0.15, 0.2) is 36.4 Å². The van der Waals surface area contributed by atoms with Crippen molar-refractivity contribution >= 4 is 5.91 Å². The third-order valence-corrected chi connectivity index (χ3v) is 3.50. The zero-order chi connectivity index (χ0) is 15.5. The van der Waals surface area contributed by atoms with Crippen LogP contribution in [0.4, 0.5) is 4.39 Å². The van der Waals surface area contributed by atoms with Crippen LogP contribution in [0.1, 0.15) is 21.5 Å². The topological polar surface area (TPSA) is 47.6 Å². The number of nitrogens with one attached hydrogen (secondary N) is 1. The van der Waals surface area contributed by atoms with Crippen molar-refractivity contribution in [1.29, 1.82) is 0 Å². The predicted octanol–water partition coefficient (Wildman–Crippen LogP) is 2.84. The summed E-state index contributed by atoms with van der Waals surface area (Å²) in [5.41, 5.74) is 2.21. The number of amides is 1. The highest BCUT2D eigenvalue weighted by Crippen LogP contribution is 2.32. The Balaban J connectivity index is 1.73. The summed E-state index contributed by atoms with van der Waals surface area (Å²) in [6.45, 7) is 3.19. The second-order valence-corrected chi connectivity index (χ2v) is 5.12. The molecule has 114 valence electrons. The SMILES string of the molecule is Cc1cc2c(cc1C(=O)NCc1ccc(F)cc1)OCCO2. The van der Waals surface area contributed by atoms with E-state index in [4.69, 9.17) is 9.47 Å². The van der Waals surface area contributed by atoms with E-state index in [0.29, 0.717) is 36.8 Å². The second-order valence-electron chi connectivity index (χ2n) is 5.12. The van der Waals surface area contributed by atoms with Gasteiger partial charge < -0.3 is 14.8 Å². The molecule has 0 spiro atoms. The first-order valence-electron chi connectivity index (χ1n) is 7.06. The number of aryl methyl sites for hydroxylation is 1. The van der Waals surface area contributed by atoms with Crippen LogP contribution >= 0.6 is 0 Å². The largest absolute Gasteiger partial charge is 0.486 e. The number of rotatable bonds is 3. The van der Waals surface area contributed by atoms with Crippen molar-refractivity contribution in [3.05, 3.63) is 58.9 Å². The monoisotopic (exact) mass is 301 g/mol. The van der Waals surface area contributed by atoms with Gasteiger partial charge in [0.05, 0.1) is 0 Å². The number of ether oxygens (including phenoxy) is 2. The zero-order valence-corrected chi connectivity index (χ0v) is 12.2. The second kappa shape index (κ2) is 6.05. The summed E-state index contributed by atoms with van der Waals surface area (Å²) in [4.78, 5) is 12.3. The zero-order valence-electron chi connectivity index (χ0n) is 12.2. The van der Waals surface area contributed by atoms with Crippen LogP contribution in [0.3, 0.4) is 0 Å². The smallest absolute Gasteiger partial charge is 0.251 e. The lowest BCUT2D eigenvalue weighted by Gasteiger charge is -2.20. The average molecular weight is 301 g/mol. The molecule has 1 aliphatic heterocycles. The van der Waals surface area contributed by atoms with E-state index in [2.05, 4.69) is 5.32 Å². The maximum atomic E-state index is 12.9. The van der Waals surface area contributed by atoms with Gasteiger partial charge in [0.2, 0.25) is 0 Å². The first kappa shape index (κ1) is 14.4. The number of carbonyl (C=O) groups excluding carboxylic acids is 1. The number of benzene rings is 2. The Morgan fingerprint density at radius 3 is 2.45 bits per heavy atom. The van der Waals surface area contributed by atoms with Crippen molar-refractivity contribution in [2.75, 3.05) is 13.2 Å². The fourth-order valence-electron chi connectivity index (χ4n) is 2.31. The Bertz CT molecular complexity index is 698. The molecule has 0 fully saturated rings. The average Bonchev–Trinajstić information content (AvgIpc) is 2.53. The minimum absolute atomic E-state index is 0.196. The number of hydrogen-bond acceptors (Lipinski definition) is 3. The van der Waals surface area contributed by atoms with Crippen LogP contribution in [-0.4, -0.2) is 19.1 Å². The maximum absolute atomic E-state index is 12.9. The summed E-state index contributed by atoms with van der Waals surface area (Å²) < 4.78 is 23.8. The Hall–Kier alpha value is -2.56. The molecule has 0 aliphatic carbocycles. The highest BCUT2D eigenvalue weighted by Gasteiger charge is 2.17. The van der Waals surface area contributed by atoms with Gasteiger partial charge >= 0.3 is 0 Å². The summed E-state index contributed by atoms with van der Waals surface area (Å²) in [6.07, 6.45) is 0. The fourth-order valence-corrected chi connectivity index (χ4v) is 2.31. The van der Waals surface area contributed by atoms with Gasteiger partial charge in [0.1, 0.15) is 19.0 Å². The van der Waals surface area contributed by atoms with Crippen molar-refractivity contribution in [3.63, 3.8) is 0 Å². The van der Waals surface area contributed by atoms with Crippen LogP contribution < -0.4 is 14.8 Å². The van der Waals surface area contributed by atoms with E-state index in [9.17, 15) is 9.18 Å². The molecule has 0 bridgehead atoms. The number of carbonyl (C=O) groups is 1.